The molecule has 0 saturated carbocycles. The van der Waals surface area contributed by atoms with Crippen LogP contribution >= 0.6 is 0 Å². The van der Waals surface area contributed by atoms with E-state index in [1.165, 1.54) is 18.2 Å². The highest BCUT2D eigenvalue weighted by molar-refractivity contribution is 5.95. The summed E-state index contributed by atoms with van der Waals surface area (Å²) in [6, 6.07) is 16.5. The predicted molar refractivity (Wildman–Crippen MR) is 137 cm³/mol. The molecule has 0 aromatic heterocycles. The van der Waals surface area contributed by atoms with Gasteiger partial charge in [0.05, 0.1) is 12.2 Å². The van der Waals surface area contributed by atoms with E-state index in [9.17, 15) is 18.3 Å². The number of benzene rings is 3. The first kappa shape index (κ1) is 25.2. The standard InChI is InChI=1S/C30H30F3NO3/c1-18(34-14-13-20(15-31)16-34)17-36-24-9-5-22(6-10-24)30-27(21-3-7-23(32)8-4-21)19(2)28-26(37-30)12-11-25(35)29(28)33/h3-12,18,20,30,35H,13-17H2,1-2H3/t18-,20-,30+/m0/s1. The third-order valence-corrected chi connectivity index (χ3v) is 7.36. The summed E-state index contributed by atoms with van der Waals surface area (Å²) in [6.07, 6.45) is 0.310. The average molecular weight is 510 g/mol. The van der Waals surface area contributed by atoms with Crippen molar-refractivity contribution in [2.45, 2.75) is 32.4 Å². The fourth-order valence-electron chi connectivity index (χ4n) is 5.19. The van der Waals surface area contributed by atoms with E-state index in [1.54, 1.807) is 25.1 Å². The lowest BCUT2D eigenvalue weighted by Gasteiger charge is -2.31. The Kier molecular flexibility index (Phi) is 7.15. The Morgan fingerprint density at radius 2 is 1.78 bits per heavy atom. The van der Waals surface area contributed by atoms with E-state index >= 15 is 0 Å². The van der Waals surface area contributed by atoms with Gasteiger partial charge in [0, 0.05) is 24.1 Å². The molecule has 1 fully saturated rings. The summed E-state index contributed by atoms with van der Waals surface area (Å²) < 4.78 is 53.8. The van der Waals surface area contributed by atoms with Crippen LogP contribution in [-0.2, 0) is 0 Å². The van der Waals surface area contributed by atoms with Crippen LogP contribution in [0.4, 0.5) is 13.2 Å². The highest BCUT2D eigenvalue weighted by atomic mass is 19.1. The molecule has 0 radical (unpaired) electrons. The molecular weight excluding hydrogens is 479 g/mol. The molecule has 0 aliphatic carbocycles. The van der Waals surface area contributed by atoms with Crippen molar-refractivity contribution >= 4 is 11.1 Å². The minimum atomic E-state index is -0.748. The van der Waals surface area contributed by atoms with Gasteiger partial charge in [-0.15, -0.1) is 0 Å². The topological polar surface area (TPSA) is 41.9 Å². The number of phenols is 1. The molecule has 2 aliphatic heterocycles. The number of hydrogen-bond donors (Lipinski definition) is 1. The average Bonchev–Trinajstić information content (AvgIpc) is 3.40. The van der Waals surface area contributed by atoms with Crippen LogP contribution in [0.25, 0.3) is 11.1 Å². The second-order valence-corrected chi connectivity index (χ2v) is 9.85. The third kappa shape index (κ3) is 5.05. The van der Waals surface area contributed by atoms with Crippen molar-refractivity contribution < 1.29 is 27.8 Å². The number of halogens is 3. The number of rotatable bonds is 7. The maximum atomic E-state index is 14.9. The zero-order chi connectivity index (χ0) is 26.1. The van der Waals surface area contributed by atoms with E-state index in [0.29, 0.717) is 34.8 Å². The fourth-order valence-corrected chi connectivity index (χ4v) is 5.19. The number of phenolic OH excluding ortho intramolecular Hbond substituents is 1. The second-order valence-electron chi connectivity index (χ2n) is 9.85. The molecule has 7 heteroatoms. The number of nitrogens with zero attached hydrogens (tertiary/aromatic N) is 1. The van der Waals surface area contributed by atoms with Crippen LogP contribution in [0.15, 0.2) is 60.7 Å². The van der Waals surface area contributed by atoms with Gasteiger partial charge in [-0.3, -0.25) is 9.29 Å². The molecule has 37 heavy (non-hydrogen) atoms. The largest absolute Gasteiger partial charge is 0.505 e. The van der Waals surface area contributed by atoms with E-state index in [-0.39, 0.29) is 30.0 Å². The van der Waals surface area contributed by atoms with Gasteiger partial charge in [0.25, 0.3) is 0 Å². The first-order chi connectivity index (χ1) is 17.9. The molecule has 0 bridgehead atoms. The second kappa shape index (κ2) is 10.5. The molecule has 0 unspecified atom stereocenters. The lowest BCUT2D eigenvalue weighted by atomic mass is 9.86. The number of ether oxygens (including phenoxy) is 2. The molecule has 1 saturated heterocycles. The monoisotopic (exact) mass is 509 g/mol. The number of allylic oxidation sites excluding steroid dienone is 1. The van der Waals surface area contributed by atoms with Crippen molar-refractivity contribution in [1.29, 1.82) is 0 Å². The van der Waals surface area contributed by atoms with Crippen LogP contribution in [0.2, 0.25) is 0 Å². The molecule has 2 aliphatic rings. The van der Waals surface area contributed by atoms with Gasteiger partial charge in [0.2, 0.25) is 0 Å². The number of fused-ring (bicyclic) bond motifs is 1. The zero-order valence-corrected chi connectivity index (χ0v) is 20.9. The van der Waals surface area contributed by atoms with E-state index < -0.39 is 17.7 Å². The van der Waals surface area contributed by atoms with Crippen LogP contribution in [0, 0.1) is 17.6 Å². The Bertz CT molecular complexity index is 1290. The minimum Gasteiger partial charge on any atom is -0.505 e. The van der Waals surface area contributed by atoms with Crippen LogP contribution in [-0.4, -0.2) is 42.4 Å². The lowest BCUT2D eigenvalue weighted by molar-refractivity contribution is 0.165. The Balaban J connectivity index is 1.40. The predicted octanol–water partition coefficient (Wildman–Crippen LogP) is 6.79. The molecule has 194 valence electrons. The van der Waals surface area contributed by atoms with Gasteiger partial charge in [-0.25, -0.2) is 8.78 Å². The smallest absolute Gasteiger partial charge is 0.176 e. The molecular formula is C30H30F3NO3. The van der Waals surface area contributed by atoms with Crippen LogP contribution in [0.1, 0.15) is 43.1 Å². The van der Waals surface area contributed by atoms with Crippen LogP contribution in [0.3, 0.4) is 0 Å². The number of aromatic hydroxyl groups is 1. The van der Waals surface area contributed by atoms with E-state index in [2.05, 4.69) is 11.8 Å². The Hall–Kier alpha value is -3.45. The van der Waals surface area contributed by atoms with Gasteiger partial charge < -0.3 is 14.6 Å². The SMILES string of the molecule is CC1=C(c2ccc(F)cc2)[C@@H](c2ccc(OC[C@H](C)N3CC[C@@H](CF)C3)cc2)Oc2ccc(O)c(F)c21. The molecule has 3 atom stereocenters. The van der Waals surface area contributed by atoms with Crippen molar-refractivity contribution in [3.63, 3.8) is 0 Å². The molecule has 2 heterocycles. The summed E-state index contributed by atoms with van der Waals surface area (Å²) in [4.78, 5) is 2.26. The fraction of sp³-hybridized carbons (Fsp3) is 0.333. The van der Waals surface area contributed by atoms with Crippen molar-refractivity contribution in [2.24, 2.45) is 5.92 Å². The number of alkyl halides is 1. The lowest BCUT2D eigenvalue weighted by Crippen LogP contribution is -2.35. The molecule has 0 amide bonds. The van der Waals surface area contributed by atoms with Crippen molar-refractivity contribution in [3.8, 4) is 17.2 Å². The summed E-state index contributed by atoms with van der Waals surface area (Å²) in [6.45, 7) is 5.72. The van der Waals surface area contributed by atoms with Crippen molar-refractivity contribution in [1.82, 2.24) is 4.90 Å². The molecule has 0 spiro atoms. The molecule has 5 rings (SSSR count). The highest BCUT2D eigenvalue weighted by Crippen LogP contribution is 2.48. The highest BCUT2D eigenvalue weighted by Gasteiger charge is 2.32. The van der Waals surface area contributed by atoms with E-state index in [0.717, 1.165) is 25.1 Å². The van der Waals surface area contributed by atoms with E-state index in [1.807, 2.05) is 24.3 Å². The maximum absolute atomic E-state index is 14.9. The van der Waals surface area contributed by atoms with Gasteiger partial charge in [0.1, 0.15) is 30.0 Å². The molecule has 3 aromatic carbocycles. The minimum absolute atomic E-state index is 0.117. The van der Waals surface area contributed by atoms with Gasteiger partial charge in [-0.05, 0) is 79.9 Å². The maximum Gasteiger partial charge on any atom is 0.176 e. The Morgan fingerprint density at radius 1 is 1.05 bits per heavy atom. The third-order valence-electron chi connectivity index (χ3n) is 7.36. The summed E-state index contributed by atoms with van der Waals surface area (Å²) in [5.41, 5.74) is 3.02. The van der Waals surface area contributed by atoms with Gasteiger partial charge >= 0.3 is 0 Å². The normalized spacial score (nSPS) is 20.5. The Labute approximate surface area is 215 Å². The number of likely N-dealkylation sites (tertiary alicyclic amines) is 1. The first-order valence-electron chi connectivity index (χ1n) is 12.5. The van der Waals surface area contributed by atoms with Gasteiger partial charge in [0.15, 0.2) is 11.6 Å². The van der Waals surface area contributed by atoms with Crippen LogP contribution < -0.4 is 9.47 Å². The van der Waals surface area contributed by atoms with Crippen LogP contribution in [0.5, 0.6) is 17.2 Å². The molecule has 3 aromatic rings. The molecule has 4 nitrogen and oxygen atoms in total. The van der Waals surface area contributed by atoms with Crippen molar-refractivity contribution in [3.05, 3.63) is 89.0 Å². The summed E-state index contributed by atoms with van der Waals surface area (Å²) in [5, 5.41) is 9.95. The Morgan fingerprint density at radius 3 is 2.46 bits per heavy atom. The number of hydrogen-bond acceptors (Lipinski definition) is 4. The first-order valence-corrected chi connectivity index (χ1v) is 12.5. The van der Waals surface area contributed by atoms with Gasteiger partial charge in [-0.2, -0.15) is 0 Å². The van der Waals surface area contributed by atoms with Gasteiger partial charge in [-0.1, -0.05) is 24.3 Å². The molecule has 1 N–H and O–H groups in total. The zero-order valence-electron chi connectivity index (χ0n) is 20.9. The quantitative estimate of drug-likeness (QED) is 0.381. The van der Waals surface area contributed by atoms with Crippen molar-refractivity contribution in [2.75, 3.05) is 26.4 Å². The van der Waals surface area contributed by atoms with E-state index in [4.69, 9.17) is 9.47 Å². The summed E-state index contributed by atoms with van der Waals surface area (Å²) in [7, 11) is 0. The summed E-state index contributed by atoms with van der Waals surface area (Å²) in [5.74, 6) is -0.427. The summed E-state index contributed by atoms with van der Waals surface area (Å²) >= 11 is 0.